The van der Waals surface area contributed by atoms with Crippen molar-refractivity contribution in [3.8, 4) is 6.07 Å². The van der Waals surface area contributed by atoms with E-state index in [1.807, 2.05) is 6.07 Å². The molecule has 0 saturated heterocycles. The fourth-order valence-electron chi connectivity index (χ4n) is 2.59. The summed E-state index contributed by atoms with van der Waals surface area (Å²) in [7, 11) is 1.67. The van der Waals surface area contributed by atoms with E-state index >= 15 is 0 Å². The molecule has 2 rings (SSSR count). The summed E-state index contributed by atoms with van der Waals surface area (Å²) in [6.07, 6.45) is 3.51. The van der Waals surface area contributed by atoms with E-state index in [9.17, 15) is 9.90 Å². The van der Waals surface area contributed by atoms with Crippen LogP contribution in [0.5, 0.6) is 0 Å². The topological polar surface area (TPSA) is 76.4 Å². The molecule has 1 aliphatic rings. The van der Waals surface area contributed by atoms with Crippen molar-refractivity contribution in [2.75, 3.05) is 18.9 Å². The molecule has 0 unspecified atom stereocenters. The molecule has 2 N–H and O–H groups in total. The summed E-state index contributed by atoms with van der Waals surface area (Å²) in [5.74, 6) is 0. The van der Waals surface area contributed by atoms with Crippen molar-refractivity contribution in [3.63, 3.8) is 0 Å². The number of nitrogens with zero attached hydrogens (tertiary/aromatic N) is 2. The van der Waals surface area contributed by atoms with Crippen molar-refractivity contribution in [1.29, 1.82) is 5.26 Å². The lowest BCUT2D eigenvalue weighted by Crippen LogP contribution is -2.43. The summed E-state index contributed by atoms with van der Waals surface area (Å²) in [5, 5.41) is 21.8. The Hall–Kier alpha value is -2.06. The molecule has 0 bridgehead atoms. The first-order chi connectivity index (χ1) is 9.52. The fourth-order valence-corrected chi connectivity index (χ4v) is 2.59. The number of urea groups is 1. The largest absolute Gasteiger partial charge is 0.388 e. The number of nitrogens with one attached hydrogen (secondary N) is 1. The number of hydrogen-bond acceptors (Lipinski definition) is 3. The summed E-state index contributed by atoms with van der Waals surface area (Å²) in [4.78, 5) is 13.6. The highest BCUT2D eigenvalue weighted by molar-refractivity contribution is 5.89. The molecule has 0 heterocycles. The number of nitriles is 1. The van der Waals surface area contributed by atoms with Crippen LogP contribution in [0.4, 0.5) is 10.5 Å². The molecular formula is C15H19N3O2. The highest BCUT2D eigenvalue weighted by atomic mass is 16.3. The van der Waals surface area contributed by atoms with Gasteiger partial charge in [0, 0.05) is 12.7 Å². The van der Waals surface area contributed by atoms with Gasteiger partial charge < -0.3 is 15.3 Å². The molecular weight excluding hydrogens is 254 g/mol. The summed E-state index contributed by atoms with van der Waals surface area (Å²) >= 11 is 0. The number of amides is 2. The number of benzene rings is 1. The fraction of sp³-hybridized carbons (Fsp3) is 0.467. The highest BCUT2D eigenvalue weighted by Crippen LogP contribution is 2.30. The average molecular weight is 273 g/mol. The van der Waals surface area contributed by atoms with Gasteiger partial charge in [-0.2, -0.15) is 5.26 Å². The monoisotopic (exact) mass is 273 g/mol. The van der Waals surface area contributed by atoms with Crippen LogP contribution in [0.15, 0.2) is 24.3 Å². The Morgan fingerprint density at radius 2 is 2.20 bits per heavy atom. The van der Waals surface area contributed by atoms with Crippen LogP contribution in [-0.4, -0.2) is 35.2 Å². The zero-order chi connectivity index (χ0) is 14.6. The Bertz CT molecular complexity index is 530. The molecule has 0 aromatic heterocycles. The van der Waals surface area contributed by atoms with Gasteiger partial charge >= 0.3 is 6.03 Å². The van der Waals surface area contributed by atoms with Crippen molar-refractivity contribution in [3.05, 3.63) is 29.8 Å². The number of likely N-dealkylation sites (N-methyl/N-ethyl adjacent to an activating group) is 1. The maximum Gasteiger partial charge on any atom is 0.321 e. The molecule has 0 atom stereocenters. The Balaban J connectivity index is 1.95. The number of hydrogen-bond donors (Lipinski definition) is 2. The Morgan fingerprint density at radius 3 is 2.85 bits per heavy atom. The van der Waals surface area contributed by atoms with Gasteiger partial charge in [0.1, 0.15) is 0 Å². The van der Waals surface area contributed by atoms with Crippen LogP contribution in [0.25, 0.3) is 0 Å². The predicted molar refractivity (Wildman–Crippen MR) is 76.2 cm³/mol. The van der Waals surface area contributed by atoms with Crippen LogP contribution in [0.2, 0.25) is 0 Å². The summed E-state index contributed by atoms with van der Waals surface area (Å²) < 4.78 is 0. The summed E-state index contributed by atoms with van der Waals surface area (Å²) in [6.45, 7) is 0.330. The van der Waals surface area contributed by atoms with Crippen LogP contribution in [0.1, 0.15) is 31.2 Å². The van der Waals surface area contributed by atoms with Crippen LogP contribution >= 0.6 is 0 Å². The first-order valence-corrected chi connectivity index (χ1v) is 6.77. The SMILES string of the molecule is CN(CC1(O)CCCC1)C(=O)Nc1cccc(C#N)c1. The van der Waals surface area contributed by atoms with E-state index < -0.39 is 5.60 Å². The molecule has 1 fully saturated rings. The van der Waals surface area contributed by atoms with Gasteiger partial charge in [-0.1, -0.05) is 18.9 Å². The average Bonchev–Trinajstić information content (AvgIpc) is 2.85. The zero-order valence-electron chi connectivity index (χ0n) is 11.6. The van der Waals surface area contributed by atoms with E-state index in [1.54, 1.807) is 31.3 Å². The molecule has 1 aromatic rings. The lowest BCUT2D eigenvalue weighted by molar-refractivity contribution is 0.0262. The first kappa shape index (κ1) is 14.4. The van der Waals surface area contributed by atoms with Crippen molar-refractivity contribution in [1.82, 2.24) is 4.90 Å². The molecule has 1 saturated carbocycles. The summed E-state index contributed by atoms with van der Waals surface area (Å²) in [6, 6.07) is 8.51. The Kier molecular flexibility index (Phi) is 4.26. The standard InChI is InChI=1S/C15H19N3O2/c1-18(11-15(20)7-2-3-8-15)14(19)17-13-6-4-5-12(9-13)10-16/h4-6,9,20H,2-3,7-8,11H2,1H3,(H,17,19). The molecule has 106 valence electrons. The number of aliphatic hydroxyl groups is 1. The van der Waals surface area contributed by atoms with Gasteiger partial charge in [-0.15, -0.1) is 0 Å². The lowest BCUT2D eigenvalue weighted by atomic mass is 10.0. The molecule has 0 spiro atoms. The van der Waals surface area contributed by atoms with Crippen LogP contribution < -0.4 is 5.32 Å². The third kappa shape index (κ3) is 3.49. The van der Waals surface area contributed by atoms with Gasteiger partial charge in [0.2, 0.25) is 0 Å². The number of rotatable bonds is 3. The molecule has 0 radical (unpaired) electrons. The van der Waals surface area contributed by atoms with Gasteiger partial charge in [-0.25, -0.2) is 4.79 Å². The minimum atomic E-state index is -0.749. The van der Waals surface area contributed by atoms with Gasteiger partial charge in [-0.05, 0) is 31.0 Å². The third-order valence-corrected chi connectivity index (χ3v) is 3.66. The van der Waals surface area contributed by atoms with Crippen molar-refractivity contribution in [2.24, 2.45) is 0 Å². The molecule has 2 amide bonds. The number of carbonyl (C=O) groups is 1. The summed E-state index contributed by atoms with van der Waals surface area (Å²) in [5.41, 5.74) is 0.333. The third-order valence-electron chi connectivity index (χ3n) is 3.66. The second-order valence-corrected chi connectivity index (χ2v) is 5.41. The van der Waals surface area contributed by atoms with E-state index in [0.29, 0.717) is 17.8 Å². The Labute approximate surface area is 118 Å². The van der Waals surface area contributed by atoms with Crippen LogP contribution in [-0.2, 0) is 0 Å². The van der Waals surface area contributed by atoms with Gasteiger partial charge in [-0.3, -0.25) is 0 Å². The molecule has 20 heavy (non-hydrogen) atoms. The van der Waals surface area contributed by atoms with Gasteiger partial charge in [0.15, 0.2) is 0 Å². The van der Waals surface area contributed by atoms with Crippen molar-refractivity contribution >= 4 is 11.7 Å². The smallest absolute Gasteiger partial charge is 0.321 e. The van der Waals surface area contributed by atoms with Crippen LogP contribution in [0.3, 0.4) is 0 Å². The predicted octanol–water partition coefficient (Wildman–Crippen LogP) is 2.33. The van der Waals surface area contributed by atoms with Crippen LogP contribution in [0, 0.1) is 11.3 Å². The maximum absolute atomic E-state index is 12.1. The van der Waals surface area contributed by atoms with E-state index in [2.05, 4.69) is 5.32 Å². The normalized spacial score (nSPS) is 16.4. The highest BCUT2D eigenvalue weighted by Gasteiger charge is 2.33. The number of anilines is 1. The van der Waals surface area contributed by atoms with Crippen molar-refractivity contribution < 1.29 is 9.90 Å². The Morgan fingerprint density at radius 1 is 1.50 bits per heavy atom. The molecule has 5 nitrogen and oxygen atoms in total. The maximum atomic E-state index is 12.1. The first-order valence-electron chi connectivity index (χ1n) is 6.77. The van der Waals surface area contributed by atoms with E-state index in [1.165, 1.54) is 4.90 Å². The van der Waals surface area contributed by atoms with E-state index in [0.717, 1.165) is 25.7 Å². The van der Waals surface area contributed by atoms with Crippen molar-refractivity contribution in [2.45, 2.75) is 31.3 Å². The quantitative estimate of drug-likeness (QED) is 0.887. The molecule has 1 aliphatic carbocycles. The van der Waals surface area contributed by atoms with E-state index in [-0.39, 0.29) is 6.03 Å². The zero-order valence-corrected chi connectivity index (χ0v) is 11.6. The minimum absolute atomic E-state index is 0.277. The lowest BCUT2D eigenvalue weighted by Gasteiger charge is -2.28. The molecule has 5 heteroatoms. The van der Waals surface area contributed by atoms with Gasteiger partial charge in [0.05, 0.1) is 23.8 Å². The molecule has 1 aromatic carbocycles. The van der Waals surface area contributed by atoms with E-state index in [4.69, 9.17) is 5.26 Å². The second-order valence-electron chi connectivity index (χ2n) is 5.41. The number of carbonyl (C=O) groups excluding carboxylic acids is 1. The second kappa shape index (κ2) is 5.93. The van der Waals surface area contributed by atoms with Gasteiger partial charge in [0.25, 0.3) is 0 Å². The minimum Gasteiger partial charge on any atom is -0.388 e. The molecule has 0 aliphatic heterocycles.